The summed E-state index contributed by atoms with van der Waals surface area (Å²) in [6.45, 7) is 33.3. The number of methoxy groups -OCH3 is 1. The molecular weight excluding hydrogens is 1500 g/mol. The van der Waals surface area contributed by atoms with Gasteiger partial charge in [-0.1, -0.05) is 36.4 Å². The van der Waals surface area contributed by atoms with Crippen LogP contribution in [0, 0.1) is 3.57 Å². The molecule has 0 N–H and O–H groups in total. The summed E-state index contributed by atoms with van der Waals surface area (Å²) in [5, 5.41) is 0. The topological polar surface area (TPSA) is 258 Å². The van der Waals surface area contributed by atoms with Crippen molar-refractivity contribution < 1.29 is 105 Å². The highest BCUT2D eigenvalue weighted by molar-refractivity contribution is 14.1. The van der Waals surface area contributed by atoms with Crippen LogP contribution in [-0.2, 0) is 66.7 Å². The lowest BCUT2D eigenvalue weighted by molar-refractivity contribution is -0.158. The summed E-state index contributed by atoms with van der Waals surface area (Å²) in [7, 11) is 1.50. The van der Waals surface area contributed by atoms with E-state index in [1.54, 1.807) is 230 Å². The van der Waals surface area contributed by atoms with Crippen LogP contribution < -0.4 is 37.9 Å². The molecule has 22 nitrogen and oxygen atoms in total. The Morgan fingerprint density at radius 1 is 0.241 bits per heavy atom. The standard InChI is InChI=1S/C85H101IO22/c1-79(2,3)102-72(87)44-95-65-37-51(52-24-32-60(67(38-52)97-46-74(89)104-81(7,8)9)61-33-27-55(41-68(61)98-47-75(90)105-82(10,11)12)56-28-36-64(86)71(42-56)101-50-78(93)108-85(19,20)21)23-30-58(65)59-31-25-53(39-66(59)96-45-73(88)103-80(4,5)6)54-26-34-62(69(40-54)99-48-76(91)106-83(13,14)15)63-35-29-57(94-22)43-70(63)100-49-77(92)107-84(16,17)18/h23-43H,44-50H2,1-22H3. The van der Waals surface area contributed by atoms with Crippen molar-refractivity contribution in [3.8, 4) is 113 Å². The summed E-state index contributed by atoms with van der Waals surface area (Å²) < 4.78 is 90.1. The summed E-state index contributed by atoms with van der Waals surface area (Å²) in [5.41, 5.74) is 0.384. The zero-order valence-corrected chi connectivity index (χ0v) is 68.1. The summed E-state index contributed by atoms with van der Waals surface area (Å²) in [6.07, 6.45) is 0. The minimum Gasteiger partial charge on any atom is -0.497 e. The molecule has 7 rings (SSSR count). The Morgan fingerprint density at radius 2 is 0.407 bits per heavy atom. The van der Waals surface area contributed by atoms with Crippen molar-refractivity contribution in [2.75, 3.05) is 53.4 Å². The molecule has 0 saturated carbocycles. The zero-order chi connectivity index (χ0) is 80.1. The van der Waals surface area contributed by atoms with Crippen LogP contribution in [0.1, 0.15) is 145 Å². The van der Waals surface area contributed by atoms with E-state index >= 15 is 0 Å². The molecule has 580 valence electrons. The third kappa shape index (κ3) is 27.6. The molecule has 0 spiro atoms. The van der Waals surface area contributed by atoms with Gasteiger partial charge in [-0.3, -0.25) is 0 Å². The number of halogens is 1. The molecule has 0 unspecified atom stereocenters. The molecule has 0 atom stereocenters. The van der Waals surface area contributed by atoms with Crippen LogP contribution in [-0.4, -0.2) is 134 Å². The fourth-order valence-electron chi connectivity index (χ4n) is 10.5. The number of esters is 7. The Bertz CT molecular complexity index is 4400. The second kappa shape index (κ2) is 35.3. The molecule has 0 aliphatic rings. The maximum Gasteiger partial charge on any atom is 0.344 e. The number of carbonyl (C=O) groups excluding carboxylic acids is 7. The highest BCUT2D eigenvalue weighted by atomic mass is 127. The molecule has 7 aromatic rings. The van der Waals surface area contributed by atoms with Gasteiger partial charge in [-0.2, -0.15) is 0 Å². The average molecular weight is 1600 g/mol. The van der Waals surface area contributed by atoms with Crippen LogP contribution in [0.5, 0.6) is 46.0 Å². The molecular formula is C85H101IO22. The van der Waals surface area contributed by atoms with Gasteiger partial charge in [-0.05, 0) is 286 Å². The van der Waals surface area contributed by atoms with Crippen molar-refractivity contribution >= 4 is 64.4 Å². The molecule has 7 aromatic carbocycles. The van der Waals surface area contributed by atoms with E-state index in [1.807, 2.05) is 42.5 Å². The number of ether oxygens (including phenoxy) is 15. The quantitative estimate of drug-likeness (QED) is 0.0251. The van der Waals surface area contributed by atoms with Crippen LogP contribution in [0.4, 0.5) is 0 Å². The van der Waals surface area contributed by atoms with Crippen molar-refractivity contribution in [2.24, 2.45) is 0 Å². The minimum atomic E-state index is -0.878. The van der Waals surface area contributed by atoms with Crippen molar-refractivity contribution in [3.05, 3.63) is 131 Å². The third-order valence-electron chi connectivity index (χ3n) is 14.3. The monoisotopic (exact) mass is 1600 g/mol. The van der Waals surface area contributed by atoms with Gasteiger partial charge in [0, 0.05) is 39.4 Å². The van der Waals surface area contributed by atoms with Gasteiger partial charge in [0.05, 0.1) is 10.7 Å². The number of hydrogen-bond donors (Lipinski definition) is 0. The SMILES string of the molecule is COc1ccc(-c2ccc(-c3ccc(-c4ccc(-c5ccc(-c6ccc(-c7ccc(I)c(OCC(=O)OC(C)(C)C)c7)cc6OCC(=O)OC(C)(C)C)c(OCC(=O)OC(C)(C)C)c5)cc4OCC(=O)OC(C)(C)C)c(OCC(=O)OC(C)(C)C)c3)cc2OCC(=O)OC(C)(C)C)c(OCC(=O)OC(C)(C)C)c1. The second-order valence-electron chi connectivity index (χ2n) is 32.2. The number of rotatable bonds is 28. The summed E-state index contributed by atoms with van der Waals surface area (Å²) >= 11 is 2.12. The predicted octanol–water partition coefficient (Wildman–Crippen LogP) is 17.3. The van der Waals surface area contributed by atoms with Gasteiger partial charge in [0.15, 0.2) is 46.2 Å². The Labute approximate surface area is 647 Å². The highest BCUT2D eigenvalue weighted by Crippen LogP contribution is 2.47. The molecule has 23 heteroatoms. The van der Waals surface area contributed by atoms with E-state index in [4.69, 9.17) is 71.1 Å². The van der Waals surface area contributed by atoms with Gasteiger partial charge < -0.3 is 71.1 Å². The lowest BCUT2D eigenvalue weighted by Crippen LogP contribution is -2.27. The molecule has 0 heterocycles. The first-order valence-corrected chi connectivity index (χ1v) is 36.3. The zero-order valence-electron chi connectivity index (χ0n) is 65.9. The van der Waals surface area contributed by atoms with E-state index in [-0.39, 0.29) is 41.1 Å². The number of benzene rings is 7. The van der Waals surface area contributed by atoms with E-state index in [9.17, 15) is 33.6 Å². The van der Waals surface area contributed by atoms with E-state index < -0.39 is 121 Å². The minimum absolute atomic E-state index is 0.169. The van der Waals surface area contributed by atoms with E-state index in [0.29, 0.717) is 78.3 Å². The third-order valence-corrected chi connectivity index (χ3v) is 15.1. The van der Waals surface area contributed by atoms with Crippen LogP contribution in [0.2, 0.25) is 0 Å². The molecule has 0 bridgehead atoms. The molecule has 0 aromatic heterocycles. The first-order chi connectivity index (χ1) is 50.0. The average Bonchev–Trinajstić information content (AvgIpc) is 0.781. The van der Waals surface area contributed by atoms with Crippen LogP contribution in [0.25, 0.3) is 66.8 Å². The molecule has 0 radical (unpaired) electrons. The lowest BCUT2D eigenvalue weighted by Gasteiger charge is -2.22. The smallest absolute Gasteiger partial charge is 0.344 e. The van der Waals surface area contributed by atoms with Crippen molar-refractivity contribution in [1.82, 2.24) is 0 Å². The first-order valence-electron chi connectivity index (χ1n) is 35.2. The van der Waals surface area contributed by atoms with Crippen LogP contribution in [0.15, 0.2) is 127 Å². The molecule has 0 aliphatic carbocycles. The predicted molar refractivity (Wildman–Crippen MR) is 418 cm³/mol. The van der Waals surface area contributed by atoms with Crippen molar-refractivity contribution in [1.29, 1.82) is 0 Å². The van der Waals surface area contributed by atoms with Gasteiger partial charge in [-0.25, -0.2) is 33.6 Å². The lowest BCUT2D eigenvalue weighted by atomic mass is 9.93. The van der Waals surface area contributed by atoms with Gasteiger partial charge in [0.2, 0.25) is 0 Å². The van der Waals surface area contributed by atoms with Gasteiger partial charge in [0.1, 0.15) is 85.2 Å². The van der Waals surface area contributed by atoms with Crippen LogP contribution in [0.3, 0.4) is 0 Å². The first kappa shape index (κ1) is 85.2. The highest BCUT2D eigenvalue weighted by Gasteiger charge is 2.28. The molecule has 0 aliphatic heterocycles. The normalized spacial score (nSPS) is 12.0. The van der Waals surface area contributed by atoms with Crippen LogP contribution >= 0.6 is 22.6 Å². The summed E-state index contributed by atoms with van der Waals surface area (Å²) in [6, 6.07) is 37.1. The molecule has 0 fully saturated rings. The maximum absolute atomic E-state index is 13.7. The summed E-state index contributed by atoms with van der Waals surface area (Å²) in [5.74, 6) is -2.34. The largest absolute Gasteiger partial charge is 0.497 e. The number of hydrogen-bond acceptors (Lipinski definition) is 22. The second-order valence-corrected chi connectivity index (χ2v) is 33.4. The van der Waals surface area contributed by atoms with E-state index in [0.717, 1.165) is 3.57 Å². The van der Waals surface area contributed by atoms with Gasteiger partial charge in [-0.15, -0.1) is 0 Å². The maximum atomic E-state index is 13.7. The fourth-order valence-corrected chi connectivity index (χ4v) is 11.0. The molecule has 0 saturated heterocycles. The summed E-state index contributed by atoms with van der Waals surface area (Å²) in [4.78, 5) is 93.4. The Balaban J connectivity index is 1.40. The van der Waals surface area contributed by atoms with E-state index in [1.165, 1.54) is 7.11 Å². The van der Waals surface area contributed by atoms with Crippen molar-refractivity contribution in [3.63, 3.8) is 0 Å². The van der Waals surface area contributed by atoms with Gasteiger partial charge in [0.25, 0.3) is 0 Å². The Hall–Kier alpha value is -10.0. The molecule has 0 amide bonds. The van der Waals surface area contributed by atoms with Crippen molar-refractivity contribution in [2.45, 2.75) is 185 Å². The molecule has 108 heavy (non-hydrogen) atoms. The fraction of sp³-hybridized carbons (Fsp3) is 0.424. The Kier molecular flexibility index (Phi) is 27.9. The Morgan fingerprint density at radius 3 is 0.602 bits per heavy atom. The number of carbonyl (C=O) groups is 7. The van der Waals surface area contributed by atoms with Gasteiger partial charge >= 0.3 is 41.8 Å². The van der Waals surface area contributed by atoms with E-state index in [2.05, 4.69) is 22.6 Å².